The van der Waals surface area contributed by atoms with E-state index >= 15 is 0 Å². The summed E-state index contributed by atoms with van der Waals surface area (Å²) in [5.41, 5.74) is 1.53. The van der Waals surface area contributed by atoms with Crippen LogP contribution in [0.4, 0.5) is 5.69 Å². The van der Waals surface area contributed by atoms with E-state index in [9.17, 15) is 4.79 Å². The minimum Gasteiger partial charge on any atom is -0.491 e. The van der Waals surface area contributed by atoms with Crippen molar-refractivity contribution in [2.45, 2.75) is 13.3 Å². The van der Waals surface area contributed by atoms with Gasteiger partial charge in [0.15, 0.2) is 5.82 Å². The van der Waals surface area contributed by atoms with E-state index in [4.69, 9.17) is 9.15 Å². The molecule has 0 fully saturated rings. The van der Waals surface area contributed by atoms with E-state index in [-0.39, 0.29) is 5.70 Å². The van der Waals surface area contributed by atoms with Gasteiger partial charge in [0.2, 0.25) is 0 Å². The molecule has 2 aromatic carbocycles. The molecular formula is C23H21N5O3. The van der Waals surface area contributed by atoms with Crippen LogP contribution in [0.15, 0.2) is 77.4 Å². The number of anilines is 1. The van der Waals surface area contributed by atoms with Gasteiger partial charge in [-0.2, -0.15) is 4.68 Å². The van der Waals surface area contributed by atoms with Crippen molar-refractivity contribution in [3.05, 3.63) is 78.8 Å². The molecule has 0 saturated carbocycles. The Morgan fingerprint density at radius 1 is 1.10 bits per heavy atom. The first kappa shape index (κ1) is 20.1. The smallest absolute Gasteiger partial charge is 0.274 e. The van der Waals surface area contributed by atoms with Gasteiger partial charge in [-0.3, -0.25) is 4.79 Å². The Labute approximate surface area is 179 Å². The van der Waals surface area contributed by atoms with Crippen molar-refractivity contribution < 1.29 is 13.9 Å². The van der Waals surface area contributed by atoms with E-state index in [0.29, 0.717) is 29.6 Å². The van der Waals surface area contributed by atoms with Gasteiger partial charge in [0.25, 0.3) is 5.91 Å². The number of ether oxygens (including phenoxy) is 1. The lowest BCUT2D eigenvalue weighted by Gasteiger charge is -2.14. The van der Waals surface area contributed by atoms with Crippen molar-refractivity contribution in [3.63, 3.8) is 0 Å². The second-order valence-electron chi connectivity index (χ2n) is 6.62. The summed E-state index contributed by atoms with van der Waals surface area (Å²) in [4.78, 5) is 13.4. The predicted molar refractivity (Wildman–Crippen MR) is 117 cm³/mol. The van der Waals surface area contributed by atoms with Crippen molar-refractivity contribution >= 4 is 23.4 Å². The van der Waals surface area contributed by atoms with Gasteiger partial charge in [0.05, 0.1) is 18.6 Å². The van der Waals surface area contributed by atoms with Crippen molar-refractivity contribution in [3.8, 4) is 17.1 Å². The summed E-state index contributed by atoms with van der Waals surface area (Å²) in [7, 11) is 0. The first-order valence-corrected chi connectivity index (χ1v) is 9.89. The summed E-state index contributed by atoms with van der Waals surface area (Å²) in [5, 5.41) is 14.9. The van der Waals surface area contributed by atoms with E-state index < -0.39 is 5.91 Å². The SMILES string of the molecule is CCCOc1ccccc1NC(=O)/C(=C\c1ccco1)n1nnnc1-c1ccccc1. The summed E-state index contributed by atoms with van der Waals surface area (Å²) >= 11 is 0. The van der Waals surface area contributed by atoms with Crippen molar-refractivity contribution in [2.24, 2.45) is 0 Å². The molecule has 4 aromatic rings. The highest BCUT2D eigenvalue weighted by Crippen LogP contribution is 2.26. The molecule has 2 heterocycles. The molecule has 8 nitrogen and oxygen atoms in total. The first-order valence-electron chi connectivity index (χ1n) is 9.89. The number of rotatable bonds is 8. The van der Waals surface area contributed by atoms with E-state index in [0.717, 1.165) is 12.0 Å². The summed E-state index contributed by atoms with van der Waals surface area (Å²) in [6.45, 7) is 2.57. The summed E-state index contributed by atoms with van der Waals surface area (Å²) in [6.07, 6.45) is 3.98. The molecule has 8 heteroatoms. The molecule has 0 radical (unpaired) electrons. The zero-order chi connectivity index (χ0) is 21.5. The van der Waals surface area contributed by atoms with Crippen LogP contribution in [0.3, 0.4) is 0 Å². The van der Waals surface area contributed by atoms with Crippen LogP contribution < -0.4 is 10.1 Å². The predicted octanol–water partition coefficient (Wildman–Crippen LogP) is 4.36. The Kier molecular flexibility index (Phi) is 6.18. The summed E-state index contributed by atoms with van der Waals surface area (Å²) in [6, 6.07) is 20.2. The lowest BCUT2D eigenvalue weighted by molar-refractivity contribution is -0.111. The third-order valence-electron chi connectivity index (χ3n) is 4.38. The number of furan rings is 1. The van der Waals surface area contributed by atoms with E-state index in [1.54, 1.807) is 24.3 Å². The molecule has 2 aromatic heterocycles. The number of benzene rings is 2. The van der Waals surface area contributed by atoms with Gasteiger partial charge in [-0.15, -0.1) is 5.10 Å². The molecule has 156 valence electrons. The van der Waals surface area contributed by atoms with Crippen molar-refractivity contribution in [1.29, 1.82) is 0 Å². The average molecular weight is 415 g/mol. The molecule has 0 atom stereocenters. The fourth-order valence-corrected chi connectivity index (χ4v) is 2.94. The minimum atomic E-state index is -0.409. The summed E-state index contributed by atoms with van der Waals surface area (Å²) < 4.78 is 12.6. The number of amides is 1. The molecule has 0 aliphatic carbocycles. The highest BCUT2D eigenvalue weighted by molar-refractivity contribution is 6.24. The van der Waals surface area contributed by atoms with Crippen LogP contribution in [0, 0.1) is 0 Å². The molecule has 0 spiro atoms. The molecule has 4 rings (SSSR count). The van der Waals surface area contributed by atoms with Gasteiger partial charge in [-0.1, -0.05) is 49.4 Å². The number of hydrogen-bond acceptors (Lipinski definition) is 6. The van der Waals surface area contributed by atoms with Crippen LogP contribution in [0.1, 0.15) is 19.1 Å². The molecule has 0 saturated heterocycles. The molecule has 1 N–H and O–H groups in total. The zero-order valence-electron chi connectivity index (χ0n) is 16.9. The first-order chi connectivity index (χ1) is 15.3. The monoisotopic (exact) mass is 415 g/mol. The third kappa shape index (κ3) is 4.69. The average Bonchev–Trinajstić information content (AvgIpc) is 3.49. The van der Waals surface area contributed by atoms with E-state index in [1.165, 1.54) is 10.9 Å². The Bertz CT molecular complexity index is 1170. The second kappa shape index (κ2) is 9.53. The number of hydrogen-bond donors (Lipinski definition) is 1. The molecule has 0 aliphatic rings. The van der Waals surface area contributed by atoms with Gasteiger partial charge in [-0.25, -0.2) is 0 Å². The lowest BCUT2D eigenvalue weighted by Crippen LogP contribution is -2.20. The molecule has 31 heavy (non-hydrogen) atoms. The van der Waals surface area contributed by atoms with E-state index in [2.05, 4.69) is 20.8 Å². The van der Waals surface area contributed by atoms with Crippen LogP contribution in [0.25, 0.3) is 23.2 Å². The van der Waals surface area contributed by atoms with Crippen LogP contribution >= 0.6 is 0 Å². The van der Waals surface area contributed by atoms with E-state index in [1.807, 2.05) is 55.5 Å². The molecule has 0 aliphatic heterocycles. The van der Waals surface area contributed by atoms with Crippen LogP contribution in [0.2, 0.25) is 0 Å². The Morgan fingerprint density at radius 2 is 1.90 bits per heavy atom. The topological polar surface area (TPSA) is 95.1 Å². The summed E-state index contributed by atoms with van der Waals surface area (Å²) in [5.74, 6) is 1.11. The van der Waals surface area contributed by atoms with Gasteiger partial charge >= 0.3 is 0 Å². The molecule has 1 amide bonds. The number of carbonyl (C=O) groups is 1. The van der Waals surface area contributed by atoms with Crippen molar-refractivity contribution in [1.82, 2.24) is 20.2 Å². The highest BCUT2D eigenvalue weighted by atomic mass is 16.5. The Hall–Kier alpha value is -4.20. The fraction of sp³-hybridized carbons (Fsp3) is 0.130. The standard InChI is InChI=1S/C23H21N5O3/c1-2-14-31-21-13-7-6-12-19(21)24-23(29)20(16-18-11-8-15-30-18)28-22(25-26-27-28)17-9-4-3-5-10-17/h3-13,15-16H,2,14H2,1H3,(H,24,29)/b20-16+. The Morgan fingerprint density at radius 3 is 2.68 bits per heavy atom. The Balaban J connectivity index is 1.72. The number of aromatic nitrogens is 4. The minimum absolute atomic E-state index is 0.198. The molecule has 0 bridgehead atoms. The van der Waals surface area contributed by atoms with Gasteiger partial charge in [0.1, 0.15) is 17.2 Å². The van der Waals surface area contributed by atoms with Crippen LogP contribution in [-0.2, 0) is 4.79 Å². The number of carbonyl (C=O) groups excluding carboxylic acids is 1. The number of nitrogens with one attached hydrogen (secondary N) is 1. The molecule has 0 unspecified atom stereocenters. The maximum Gasteiger partial charge on any atom is 0.274 e. The normalized spacial score (nSPS) is 11.3. The maximum atomic E-state index is 13.4. The number of para-hydroxylation sites is 2. The van der Waals surface area contributed by atoms with Gasteiger partial charge < -0.3 is 14.5 Å². The zero-order valence-corrected chi connectivity index (χ0v) is 16.9. The highest BCUT2D eigenvalue weighted by Gasteiger charge is 2.21. The van der Waals surface area contributed by atoms with Gasteiger partial charge in [-0.05, 0) is 41.1 Å². The number of nitrogens with zero attached hydrogens (tertiary/aromatic N) is 4. The third-order valence-corrected chi connectivity index (χ3v) is 4.38. The van der Waals surface area contributed by atoms with Crippen molar-refractivity contribution in [2.75, 3.05) is 11.9 Å². The van der Waals surface area contributed by atoms with Crippen LogP contribution in [-0.4, -0.2) is 32.7 Å². The lowest BCUT2D eigenvalue weighted by atomic mass is 10.2. The van der Waals surface area contributed by atoms with Crippen LogP contribution in [0.5, 0.6) is 5.75 Å². The fourth-order valence-electron chi connectivity index (χ4n) is 2.94. The van der Waals surface area contributed by atoms with Gasteiger partial charge in [0, 0.05) is 11.6 Å². The maximum absolute atomic E-state index is 13.4. The number of tetrazole rings is 1. The quantitative estimate of drug-likeness (QED) is 0.430. The second-order valence-corrected chi connectivity index (χ2v) is 6.62. The largest absolute Gasteiger partial charge is 0.491 e. The molecular weight excluding hydrogens is 394 g/mol.